The van der Waals surface area contributed by atoms with Gasteiger partial charge in [-0.05, 0) is 19.3 Å². The largest absolute Gasteiger partial charge is 0.339 e. The Morgan fingerprint density at radius 2 is 2.04 bits per heavy atom. The van der Waals surface area contributed by atoms with Gasteiger partial charge in [0.05, 0.1) is 11.9 Å². The second-order valence-corrected chi connectivity index (χ2v) is 6.59. The molecule has 0 bridgehead atoms. The molecule has 1 saturated carbocycles. The topological polar surface area (TPSA) is 127 Å². The monoisotopic (exact) mass is 345 g/mol. The predicted molar refractivity (Wildman–Crippen MR) is 87.9 cm³/mol. The van der Waals surface area contributed by atoms with Gasteiger partial charge in [-0.1, -0.05) is 5.16 Å². The standard InChI is InChI=1S/C15H19N7O3/c1-20-11-10(12(23)21(2)14(20)24)22(8-17-11)7-4-9-18-13(19-25-9)15(16)5-3-6-15/h8H,3-7,16H2,1-2H3. The minimum atomic E-state index is -0.461. The molecular formula is C15H19N7O3. The van der Waals surface area contributed by atoms with Crippen molar-refractivity contribution in [3.8, 4) is 0 Å². The van der Waals surface area contributed by atoms with Crippen LogP contribution in [0.5, 0.6) is 0 Å². The average Bonchev–Trinajstić information content (AvgIpc) is 3.21. The zero-order valence-corrected chi connectivity index (χ0v) is 14.1. The average molecular weight is 345 g/mol. The molecule has 0 amide bonds. The van der Waals surface area contributed by atoms with E-state index in [4.69, 9.17) is 10.3 Å². The number of rotatable bonds is 4. The lowest BCUT2D eigenvalue weighted by Crippen LogP contribution is -2.44. The van der Waals surface area contributed by atoms with Crippen molar-refractivity contribution in [2.75, 3.05) is 0 Å². The fourth-order valence-electron chi connectivity index (χ4n) is 3.12. The first-order chi connectivity index (χ1) is 11.9. The van der Waals surface area contributed by atoms with Crippen molar-refractivity contribution in [2.45, 2.75) is 37.8 Å². The molecule has 0 spiro atoms. The van der Waals surface area contributed by atoms with E-state index in [1.807, 2.05) is 0 Å². The highest BCUT2D eigenvalue weighted by molar-refractivity contribution is 5.69. The minimum Gasteiger partial charge on any atom is -0.339 e. The first kappa shape index (κ1) is 15.8. The summed E-state index contributed by atoms with van der Waals surface area (Å²) in [5.41, 5.74) is 5.68. The van der Waals surface area contributed by atoms with Gasteiger partial charge in [0.15, 0.2) is 17.0 Å². The lowest BCUT2D eigenvalue weighted by molar-refractivity contribution is 0.229. The van der Waals surface area contributed by atoms with Crippen LogP contribution in [0, 0.1) is 0 Å². The zero-order chi connectivity index (χ0) is 17.8. The first-order valence-corrected chi connectivity index (χ1v) is 8.13. The highest BCUT2D eigenvalue weighted by Gasteiger charge is 2.38. The van der Waals surface area contributed by atoms with Crippen LogP contribution in [-0.2, 0) is 32.6 Å². The Hall–Kier alpha value is -2.75. The third-order valence-corrected chi connectivity index (χ3v) is 4.94. The highest BCUT2D eigenvalue weighted by Crippen LogP contribution is 2.36. The number of aryl methyl sites for hydroxylation is 3. The Balaban J connectivity index is 1.62. The summed E-state index contributed by atoms with van der Waals surface area (Å²) >= 11 is 0. The highest BCUT2D eigenvalue weighted by atomic mass is 16.5. The summed E-state index contributed by atoms with van der Waals surface area (Å²) in [4.78, 5) is 32.9. The van der Waals surface area contributed by atoms with E-state index in [9.17, 15) is 9.59 Å². The van der Waals surface area contributed by atoms with E-state index in [2.05, 4.69) is 15.1 Å². The minimum absolute atomic E-state index is 0.356. The molecule has 1 aliphatic carbocycles. The molecule has 3 heterocycles. The van der Waals surface area contributed by atoms with Crippen molar-refractivity contribution in [3.05, 3.63) is 38.9 Å². The number of hydrogen-bond acceptors (Lipinski definition) is 7. The van der Waals surface area contributed by atoms with Gasteiger partial charge in [-0.25, -0.2) is 9.78 Å². The summed E-state index contributed by atoms with van der Waals surface area (Å²) in [7, 11) is 3.04. The molecule has 1 fully saturated rings. The summed E-state index contributed by atoms with van der Waals surface area (Å²) in [6, 6.07) is 0. The molecule has 132 valence electrons. The number of fused-ring (bicyclic) bond motifs is 1. The maximum atomic E-state index is 12.4. The van der Waals surface area contributed by atoms with Gasteiger partial charge in [-0.2, -0.15) is 4.98 Å². The van der Waals surface area contributed by atoms with Crippen LogP contribution in [0.25, 0.3) is 11.2 Å². The quantitative estimate of drug-likeness (QED) is 0.668. The number of aromatic nitrogens is 6. The molecule has 4 rings (SSSR count). The summed E-state index contributed by atoms with van der Waals surface area (Å²) in [5, 5.41) is 3.98. The Morgan fingerprint density at radius 3 is 2.72 bits per heavy atom. The number of nitrogens with zero attached hydrogens (tertiary/aromatic N) is 6. The van der Waals surface area contributed by atoms with Gasteiger partial charge in [-0.15, -0.1) is 0 Å². The molecule has 0 radical (unpaired) electrons. The molecule has 2 N–H and O–H groups in total. The van der Waals surface area contributed by atoms with Gasteiger partial charge in [0.1, 0.15) is 0 Å². The fraction of sp³-hybridized carbons (Fsp3) is 0.533. The van der Waals surface area contributed by atoms with Gasteiger partial charge in [0, 0.05) is 27.1 Å². The number of imidazole rings is 1. The summed E-state index contributed by atoms with van der Waals surface area (Å²) in [6.45, 7) is 0.434. The Kier molecular flexibility index (Phi) is 3.39. The molecule has 0 atom stereocenters. The molecule has 0 saturated heterocycles. The van der Waals surface area contributed by atoms with Crippen molar-refractivity contribution in [1.82, 2.24) is 28.8 Å². The lowest BCUT2D eigenvalue weighted by atomic mass is 9.77. The van der Waals surface area contributed by atoms with Gasteiger partial charge in [-0.3, -0.25) is 13.9 Å². The molecule has 10 nitrogen and oxygen atoms in total. The van der Waals surface area contributed by atoms with Crippen LogP contribution in [0.2, 0.25) is 0 Å². The summed E-state index contributed by atoms with van der Waals surface area (Å²) < 4.78 is 9.40. The normalized spacial score (nSPS) is 16.3. The van der Waals surface area contributed by atoms with Gasteiger partial charge in [0.25, 0.3) is 5.56 Å². The van der Waals surface area contributed by atoms with Crippen LogP contribution in [0.3, 0.4) is 0 Å². The van der Waals surface area contributed by atoms with E-state index in [0.717, 1.165) is 23.8 Å². The first-order valence-electron chi connectivity index (χ1n) is 8.13. The van der Waals surface area contributed by atoms with Crippen LogP contribution >= 0.6 is 0 Å². The fourth-order valence-corrected chi connectivity index (χ4v) is 3.12. The van der Waals surface area contributed by atoms with E-state index in [1.165, 1.54) is 11.6 Å². The van der Waals surface area contributed by atoms with Crippen LogP contribution in [0.1, 0.15) is 31.0 Å². The molecule has 0 aliphatic heterocycles. The maximum absolute atomic E-state index is 12.4. The molecule has 3 aromatic heterocycles. The summed E-state index contributed by atoms with van der Waals surface area (Å²) in [5.74, 6) is 1.01. The zero-order valence-electron chi connectivity index (χ0n) is 14.1. The van der Waals surface area contributed by atoms with Crippen molar-refractivity contribution in [1.29, 1.82) is 0 Å². The van der Waals surface area contributed by atoms with Gasteiger partial charge in [0.2, 0.25) is 5.89 Å². The third-order valence-electron chi connectivity index (χ3n) is 4.94. The third kappa shape index (κ3) is 2.32. The molecule has 3 aromatic rings. The maximum Gasteiger partial charge on any atom is 0.332 e. The van der Waals surface area contributed by atoms with E-state index in [0.29, 0.717) is 35.8 Å². The van der Waals surface area contributed by atoms with Crippen molar-refractivity contribution >= 4 is 11.2 Å². The molecule has 0 aromatic carbocycles. The van der Waals surface area contributed by atoms with Crippen LogP contribution in [-0.4, -0.2) is 28.8 Å². The van der Waals surface area contributed by atoms with Crippen LogP contribution < -0.4 is 17.0 Å². The van der Waals surface area contributed by atoms with Gasteiger partial charge >= 0.3 is 5.69 Å². The van der Waals surface area contributed by atoms with Gasteiger partial charge < -0.3 is 14.8 Å². The second kappa shape index (κ2) is 5.38. The Morgan fingerprint density at radius 1 is 1.28 bits per heavy atom. The second-order valence-electron chi connectivity index (χ2n) is 6.59. The van der Waals surface area contributed by atoms with E-state index < -0.39 is 11.2 Å². The van der Waals surface area contributed by atoms with E-state index in [-0.39, 0.29) is 5.56 Å². The number of hydrogen-bond donors (Lipinski definition) is 1. The van der Waals surface area contributed by atoms with Crippen LogP contribution in [0.4, 0.5) is 0 Å². The van der Waals surface area contributed by atoms with E-state index >= 15 is 0 Å². The Bertz CT molecular complexity index is 1070. The summed E-state index contributed by atoms with van der Waals surface area (Å²) in [6.07, 6.45) is 4.79. The van der Waals surface area contributed by atoms with Crippen molar-refractivity contribution in [2.24, 2.45) is 19.8 Å². The molecular weight excluding hydrogens is 326 g/mol. The Labute approximate surface area is 141 Å². The molecule has 25 heavy (non-hydrogen) atoms. The number of nitrogens with two attached hydrogens (primary N) is 1. The van der Waals surface area contributed by atoms with Crippen molar-refractivity contribution in [3.63, 3.8) is 0 Å². The predicted octanol–water partition coefficient (Wildman–Crippen LogP) is -0.603. The van der Waals surface area contributed by atoms with Crippen molar-refractivity contribution < 1.29 is 4.52 Å². The molecule has 1 aliphatic rings. The molecule has 0 unspecified atom stereocenters. The molecule has 10 heteroatoms. The smallest absolute Gasteiger partial charge is 0.332 e. The van der Waals surface area contributed by atoms with Crippen LogP contribution in [0.15, 0.2) is 20.4 Å². The SMILES string of the molecule is Cn1c(=O)c2c(ncn2CCc2nc(C3(N)CCC3)no2)n(C)c1=O. The van der Waals surface area contributed by atoms with E-state index in [1.54, 1.807) is 17.9 Å². The lowest BCUT2D eigenvalue weighted by Gasteiger charge is -2.34.